The Hall–Kier alpha value is -2.85. The molecule has 5 heteroatoms. The second kappa shape index (κ2) is 7.81. The number of hydrogen-bond donors (Lipinski definition) is 1. The number of nitrogens with zero attached hydrogens (tertiary/aromatic N) is 1. The van der Waals surface area contributed by atoms with Crippen LogP contribution in [0.25, 0.3) is 10.8 Å². The molecule has 3 rings (SSSR count). The molecule has 3 aromatic carbocycles. The number of carbonyl (C=O) groups excluding carboxylic acids is 1. The van der Waals surface area contributed by atoms with Crippen LogP contribution in [0.3, 0.4) is 0 Å². The van der Waals surface area contributed by atoms with Crippen LogP contribution >= 0.6 is 11.6 Å². The van der Waals surface area contributed by atoms with Crippen LogP contribution in [0.1, 0.15) is 12.5 Å². The van der Waals surface area contributed by atoms with Crippen molar-refractivity contribution in [2.75, 3.05) is 0 Å². The maximum atomic E-state index is 12.2. The van der Waals surface area contributed by atoms with Crippen molar-refractivity contribution in [1.82, 2.24) is 5.43 Å². The Bertz CT molecular complexity index is 919. The Morgan fingerprint density at radius 2 is 1.88 bits per heavy atom. The Balaban J connectivity index is 1.64. The number of amides is 1. The minimum Gasteiger partial charge on any atom is -0.480 e. The highest BCUT2D eigenvalue weighted by molar-refractivity contribution is 6.30. The highest BCUT2D eigenvalue weighted by Gasteiger charge is 2.15. The molecule has 3 aromatic rings. The molecule has 1 N–H and O–H groups in total. The van der Waals surface area contributed by atoms with E-state index < -0.39 is 6.10 Å². The van der Waals surface area contributed by atoms with Gasteiger partial charge in [-0.15, -0.1) is 0 Å². The number of halogens is 1. The van der Waals surface area contributed by atoms with Gasteiger partial charge in [-0.25, -0.2) is 5.43 Å². The third-order valence-electron chi connectivity index (χ3n) is 3.66. The molecule has 0 spiro atoms. The first-order valence-electron chi connectivity index (χ1n) is 7.86. The fourth-order valence-corrected chi connectivity index (χ4v) is 2.59. The van der Waals surface area contributed by atoms with Crippen LogP contribution in [0.5, 0.6) is 5.75 Å². The average Bonchev–Trinajstić information content (AvgIpc) is 2.62. The van der Waals surface area contributed by atoms with Crippen molar-refractivity contribution in [3.8, 4) is 5.75 Å². The summed E-state index contributed by atoms with van der Waals surface area (Å²) in [5.41, 5.74) is 3.28. The minimum absolute atomic E-state index is 0.328. The zero-order valence-corrected chi connectivity index (χ0v) is 14.4. The van der Waals surface area contributed by atoms with E-state index in [1.54, 1.807) is 19.1 Å². The van der Waals surface area contributed by atoms with Crippen LogP contribution in [0.4, 0.5) is 0 Å². The Kier molecular flexibility index (Phi) is 5.31. The highest BCUT2D eigenvalue weighted by atomic mass is 35.5. The summed E-state index contributed by atoms with van der Waals surface area (Å²) in [4.78, 5) is 12.2. The van der Waals surface area contributed by atoms with Crippen LogP contribution in [-0.4, -0.2) is 18.2 Å². The number of hydrazone groups is 1. The molecular weight excluding hydrogens is 336 g/mol. The summed E-state index contributed by atoms with van der Waals surface area (Å²) in [6.45, 7) is 1.69. The SMILES string of the molecule is CC(Oc1cccc2ccccc12)C(=O)NN=Cc1cccc(Cl)c1. The van der Waals surface area contributed by atoms with Crippen LogP contribution in [-0.2, 0) is 4.79 Å². The lowest BCUT2D eigenvalue weighted by atomic mass is 10.1. The van der Waals surface area contributed by atoms with Crippen molar-refractivity contribution in [3.63, 3.8) is 0 Å². The molecule has 0 fully saturated rings. The van der Waals surface area contributed by atoms with Gasteiger partial charge in [-0.05, 0) is 36.1 Å². The number of carbonyl (C=O) groups is 1. The van der Waals surface area contributed by atoms with Crippen molar-refractivity contribution < 1.29 is 9.53 Å². The van der Waals surface area contributed by atoms with E-state index >= 15 is 0 Å². The van der Waals surface area contributed by atoms with Crippen LogP contribution < -0.4 is 10.2 Å². The monoisotopic (exact) mass is 352 g/mol. The van der Waals surface area contributed by atoms with Gasteiger partial charge < -0.3 is 4.74 Å². The predicted molar refractivity (Wildman–Crippen MR) is 101 cm³/mol. The molecule has 0 aliphatic carbocycles. The van der Waals surface area contributed by atoms with E-state index in [-0.39, 0.29) is 5.91 Å². The van der Waals surface area contributed by atoms with E-state index in [1.807, 2.05) is 54.6 Å². The molecule has 1 amide bonds. The lowest BCUT2D eigenvalue weighted by molar-refractivity contribution is -0.127. The molecule has 0 aliphatic rings. The van der Waals surface area contributed by atoms with Crippen molar-refractivity contribution in [1.29, 1.82) is 0 Å². The average molecular weight is 353 g/mol. The Morgan fingerprint density at radius 3 is 2.72 bits per heavy atom. The molecular formula is C20H17ClN2O2. The molecule has 0 radical (unpaired) electrons. The molecule has 0 aliphatic heterocycles. The minimum atomic E-state index is -0.678. The highest BCUT2D eigenvalue weighted by Crippen LogP contribution is 2.26. The van der Waals surface area contributed by atoms with Gasteiger partial charge in [0, 0.05) is 10.4 Å². The lowest BCUT2D eigenvalue weighted by Gasteiger charge is -2.14. The van der Waals surface area contributed by atoms with Gasteiger partial charge in [-0.3, -0.25) is 4.79 Å². The van der Waals surface area contributed by atoms with Crippen molar-refractivity contribution in [3.05, 3.63) is 77.3 Å². The fraction of sp³-hybridized carbons (Fsp3) is 0.100. The number of hydrogen-bond acceptors (Lipinski definition) is 3. The van der Waals surface area contributed by atoms with Gasteiger partial charge in [0.15, 0.2) is 6.10 Å². The van der Waals surface area contributed by atoms with Gasteiger partial charge in [-0.1, -0.05) is 60.1 Å². The van der Waals surface area contributed by atoms with E-state index in [1.165, 1.54) is 6.21 Å². The Labute approximate surface area is 151 Å². The third kappa shape index (κ3) is 4.37. The molecule has 25 heavy (non-hydrogen) atoms. The number of fused-ring (bicyclic) bond motifs is 1. The Morgan fingerprint density at radius 1 is 1.12 bits per heavy atom. The number of ether oxygens (including phenoxy) is 1. The van der Waals surface area contributed by atoms with E-state index in [0.717, 1.165) is 16.3 Å². The van der Waals surface area contributed by atoms with E-state index in [2.05, 4.69) is 10.5 Å². The van der Waals surface area contributed by atoms with Gasteiger partial charge in [0.25, 0.3) is 5.91 Å². The zero-order chi connectivity index (χ0) is 17.6. The zero-order valence-electron chi connectivity index (χ0n) is 13.6. The first kappa shape index (κ1) is 17.0. The second-order valence-electron chi connectivity index (χ2n) is 5.53. The van der Waals surface area contributed by atoms with Gasteiger partial charge in [-0.2, -0.15) is 5.10 Å². The number of benzene rings is 3. The second-order valence-corrected chi connectivity index (χ2v) is 5.96. The van der Waals surface area contributed by atoms with E-state index in [9.17, 15) is 4.79 Å². The molecule has 1 unspecified atom stereocenters. The van der Waals surface area contributed by atoms with Gasteiger partial charge >= 0.3 is 0 Å². The predicted octanol–water partition coefficient (Wildman–Crippen LogP) is 4.41. The van der Waals surface area contributed by atoms with Gasteiger partial charge in [0.05, 0.1) is 6.21 Å². The molecule has 0 saturated carbocycles. The quantitative estimate of drug-likeness (QED) is 0.546. The first-order chi connectivity index (χ1) is 12.1. The van der Waals surface area contributed by atoms with Gasteiger partial charge in [0.1, 0.15) is 5.75 Å². The molecule has 0 bridgehead atoms. The third-order valence-corrected chi connectivity index (χ3v) is 3.89. The van der Waals surface area contributed by atoms with Crippen molar-refractivity contribution >= 4 is 34.5 Å². The van der Waals surface area contributed by atoms with E-state index in [4.69, 9.17) is 16.3 Å². The summed E-state index contributed by atoms with van der Waals surface area (Å²) in [6.07, 6.45) is 0.858. The summed E-state index contributed by atoms with van der Waals surface area (Å²) in [6, 6.07) is 20.8. The van der Waals surface area contributed by atoms with Crippen molar-refractivity contribution in [2.45, 2.75) is 13.0 Å². The summed E-state index contributed by atoms with van der Waals surface area (Å²) < 4.78 is 5.80. The maximum absolute atomic E-state index is 12.2. The smallest absolute Gasteiger partial charge is 0.280 e. The lowest BCUT2D eigenvalue weighted by Crippen LogP contribution is -2.33. The topological polar surface area (TPSA) is 50.7 Å². The summed E-state index contributed by atoms with van der Waals surface area (Å²) >= 11 is 5.91. The molecule has 4 nitrogen and oxygen atoms in total. The van der Waals surface area contributed by atoms with Gasteiger partial charge in [0.2, 0.25) is 0 Å². The van der Waals surface area contributed by atoms with Crippen LogP contribution in [0, 0.1) is 0 Å². The fourth-order valence-electron chi connectivity index (χ4n) is 2.39. The molecule has 0 aromatic heterocycles. The number of nitrogens with one attached hydrogen (secondary N) is 1. The largest absolute Gasteiger partial charge is 0.480 e. The normalized spacial score (nSPS) is 12.2. The van der Waals surface area contributed by atoms with Crippen LogP contribution in [0.2, 0.25) is 5.02 Å². The molecule has 126 valence electrons. The molecule has 1 atom stereocenters. The molecule has 0 saturated heterocycles. The summed E-state index contributed by atoms with van der Waals surface area (Å²) in [5.74, 6) is 0.339. The standard InChI is InChI=1S/C20H17ClN2O2/c1-14(20(24)23-22-13-15-6-4-9-17(21)12-15)25-19-11-5-8-16-7-2-3-10-18(16)19/h2-14H,1H3,(H,23,24). The van der Waals surface area contributed by atoms with Crippen molar-refractivity contribution in [2.24, 2.45) is 5.10 Å². The summed E-state index contributed by atoms with van der Waals surface area (Å²) in [7, 11) is 0. The first-order valence-corrected chi connectivity index (χ1v) is 8.24. The van der Waals surface area contributed by atoms with E-state index in [0.29, 0.717) is 10.8 Å². The number of rotatable bonds is 5. The van der Waals surface area contributed by atoms with Crippen LogP contribution in [0.15, 0.2) is 71.8 Å². The molecule has 0 heterocycles. The summed E-state index contributed by atoms with van der Waals surface area (Å²) in [5, 5.41) is 6.58. The maximum Gasteiger partial charge on any atom is 0.280 e.